The van der Waals surface area contributed by atoms with E-state index in [0.29, 0.717) is 0 Å². The standard InChI is InChI=1S/C17H20O2/c1-11-7-12(2)14(4)17(8-11)19-16-6-5-15(10-18)9-13(16)3/h5-9,18H,10H2,1-4H3. The zero-order chi connectivity index (χ0) is 14.0. The van der Waals surface area contributed by atoms with Gasteiger partial charge in [-0.3, -0.25) is 0 Å². The van der Waals surface area contributed by atoms with Gasteiger partial charge in [0.15, 0.2) is 0 Å². The molecule has 0 bridgehead atoms. The fraction of sp³-hybridized carbons (Fsp3) is 0.294. The van der Waals surface area contributed by atoms with Gasteiger partial charge in [0.2, 0.25) is 0 Å². The highest BCUT2D eigenvalue weighted by atomic mass is 16.5. The summed E-state index contributed by atoms with van der Waals surface area (Å²) in [6, 6.07) is 9.97. The molecular formula is C17H20O2. The summed E-state index contributed by atoms with van der Waals surface area (Å²) in [5, 5.41) is 9.12. The molecule has 2 heteroatoms. The molecule has 0 radical (unpaired) electrons. The number of hydrogen-bond donors (Lipinski definition) is 1. The Balaban J connectivity index is 2.36. The van der Waals surface area contributed by atoms with Gasteiger partial charge in [-0.1, -0.05) is 18.2 Å². The minimum atomic E-state index is 0.0592. The molecule has 0 aliphatic rings. The summed E-state index contributed by atoms with van der Waals surface area (Å²) in [6.07, 6.45) is 0. The van der Waals surface area contributed by atoms with Gasteiger partial charge >= 0.3 is 0 Å². The SMILES string of the molecule is Cc1cc(C)c(C)c(Oc2ccc(CO)cc2C)c1. The first-order valence-electron chi connectivity index (χ1n) is 6.47. The number of aryl methyl sites for hydroxylation is 3. The Hall–Kier alpha value is -1.80. The lowest BCUT2D eigenvalue weighted by Gasteiger charge is -2.14. The largest absolute Gasteiger partial charge is 0.457 e. The Morgan fingerprint density at radius 3 is 2.26 bits per heavy atom. The van der Waals surface area contributed by atoms with Crippen molar-refractivity contribution < 1.29 is 9.84 Å². The summed E-state index contributed by atoms with van der Waals surface area (Å²) >= 11 is 0. The first kappa shape index (κ1) is 13.6. The molecule has 0 unspecified atom stereocenters. The van der Waals surface area contributed by atoms with Crippen LogP contribution in [0.4, 0.5) is 0 Å². The molecule has 2 aromatic carbocycles. The third-order valence-corrected chi connectivity index (χ3v) is 3.41. The van der Waals surface area contributed by atoms with Crippen molar-refractivity contribution in [3.05, 3.63) is 58.1 Å². The third-order valence-electron chi connectivity index (χ3n) is 3.41. The molecule has 0 spiro atoms. The minimum Gasteiger partial charge on any atom is -0.457 e. The molecule has 2 nitrogen and oxygen atoms in total. The second kappa shape index (κ2) is 5.45. The molecule has 0 heterocycles. The maximum atomic E-state index is 9.12. The summed E-state index contributed by atoms with van der Waals surface area (Å²) in [6.45, 7) is 8.29. The highest BCUT2D eigenvalue weighted by molar-refractivity contribution is 5.46. The van der Waals surface area contributed by atoms with Crippen LogP contribution in [0.25, 0.3) is 0 Å². The van der Waals surface area contributed by atoms with Crippen molar-refractivity contribution in [1.29, 1.82) is 0 Å². The number of aliphatic hydroxyl groups is 1. The van der Waals surface area contributed by atoms with E-state index in [-0.39, 0.29) is 6.61 Å². The van der Waals surface area contributed by atoms with E-state index in [4.69, 9.17) is 9.84 Å². The summed E-state index contributed by atoms with van der Waals surface area (Å²) in [5.41, 5.74) is 5.53. The van der Waals surface area contributed by atoms with E-state index in [2.05, 4.69) is 32.9 Å². The topological polar surface area (TPSA) is 29.5 Å². The van der Waals surface area contributed by atoms with Crippen LogP contribution in [0.3, 0.4) is 0 Å². The van der Waals surface area contributed by atoms with E-state index < -0.39 is 0 Å². The summed E-state index contributed by atoms with van der Waals surface area (Å²) < 4.78 is 6.02. The number of hydrogen-bond acceptors (Lipinski definition) is 2. The van der Waals surface area contributed by atoms with Gasteiger partial charge < -0.3 is 9.84 Å². The number of aliphatic hydroxyl groups excluding tert-OH is 1. The van der Waals surface area contributed by atoms with Crippen LogP contribution >= 0.6 is 0 Å². The molecule has 0 fully saturated rings. The van der Waals surface area contributed by atoms with Gasteiger partial charge in [-0.2, -0.15) is 0 Å². The summed E-state index contributed by atoms with van der Waals surface area (Å²) in [4.78, 5) is 0. The van der Waals surface area contributed by atoms with Crippen LogP contribution in [-0.2, 0) is 6.61 Å². The maximum Gasteiger partial charge on any atom is 0.130 e. The van der Waals surface area contributed by atoms with Crippen molar-refractivity contribution in [2.24, 2.45) is 0 Å². The van der Waals surface area contributed by atoms with Crippen LogP contribution in [0, 0.1) is 27.7 Å². The third kappa shape index (κ3) is 2.96. The molecule has 0 saturated heterocycles. The van der Waals surface area contributed by atoms with Crippen molar-refractivity contribution in [3.8, 4) is 11.5 Å². The lowest BCUT2D eigenvalue weighted by molar-refractivity contribution is 0.281. The van der Waals surface area contributed by atoms with Gasteiger partial charge in [0, 0.05) is 0 Å². The molecule has 0 aliphatic carbocycles. The van der Waals surface area contributed by atoms with Gasteiger partial charge in [-0.25, -0.2) is 0 Å². The maximum absolute atomic E-state index is 9.12. The van der Waals surface area contributed by atoms with Gasteiger partial charge in [-0.15, -0.1) is 0 Å². The first-order chi connectivity index (χ1) is 9.01. The van der Waals surface area contributed by atoms with E-state index in [9.17, 15) is 0 Å². The quantitative estimate of drug-likeness (QED) is 0.891. The zero-order valence-corrected chi connectivity index (χ0v) is 11.9. The number of benzene rings is 2. The molecule has 1 N–H and O–H groups in total. The normalized spacial score (nSPS) is 10.6. The Morgan fingerprint density at radius 1 is 0.895 bits per heavy atom. The van der Waals surface area contributed by atoms with Gasteiger partial charge in [-0.05, 0) is 67.6 Å². The summed E-state index contributed by atoms with van der Waals surface area (Å²) in [7, 11) is 0. The molecule has 0 aromatic heterocycles. The Kier molecular flexibility index (Phi) is 3.91. The molecule has 0 aliphatic heterocycles. The molecular weight excluding hydrogens is 236 g/mol. The van der Waals surface area contributed by atoms with Crippen molar-refractivity contribution in [3.63, 3.8) is 0 Å². The van der Waals surface area contributed by atoms with Gasteiger partial charge in [0.1, 0.15) is 11.5 Å². The average Bonchev–Trinajstić information content (AvgIpc) is 2.37. The van der Waals surface area contributed by atoms with Crippen LogP contribution < -0.4 is 4.74 Å². The number of ether oxygens (including phenoxy) is 1. The van der Waals surface area contributed by atoms with Crippen molar-refractivity contribution in [2.45, 2.75) is 34.3 Å². The van der Waals surface area contributed by atoms with E-state index >= 15 is 0 Å². The Bertz CT molecular complexity index is 600. The van der Waals surface area contributed by atoms with E-state index in [1.54, 1.807) is 0 Å². The molecule has 2 rings (SSSR count). The van der Waals surface area contributed by atoms with Crippen LogP contribution in [0.1, 0.15) is 27.8 Å². The minimum absolute atomic E-state index is 0.0592. The monoisotopic (exact) mass is 256 g/mol. The van der Waals surface area contributed by atoms with Crippen molar-refractivity contribution in [1.82, 2.24) is 0 Å². The zero-order valence-electron chi connectivity index (χ0n) is 11.9. The highest BCUT2D eigenvalue weighted by Gasteiger charge is 2.07. The van der Waals surface area contributed by atoms with E-state index in [1.165, 1.54) is 11.1 Å². The van der Waals surface area contributed by atoms with Gasteiger partial charge in [0.05, 0.1) is 6.61 Å². The summed E-state index contributed by atoms with van der Waals surface area (Å²) in [5.74, 6) is 1.74. The lowest BCUT2D eigenvalue weighted by Crippen LogP contribution is -1.94. The molecule has 0 amide bonds. The van der Waals surface area contributed by atoms with Crippen LogP contribution in [0.5, 0.6) is 11.5 Å². The Labute approximate surface area is 114 Å². The molecule has 100 valence electrons. The van der Waals surface area contributed by atoms with Gasteiger partial charge in [0.25, 0.3) is 0 Å². The first-order valence-corrected chi connectivity index (χ1v) is 6.47. The second-order valence-electron chi connectivity index (χ2n) is 5.06. The molecule has 0 atom stereocenters. The van der Waals surface area contributed by atoms with E-state index in [0.717, 1.165) is 28.2 Å². The molecule has 2 aromatic rings. The fourth-order valence-electron chi connectivity index (χ4n) is 2.15. The lowest BCUT2D eigenvalue weighted by atomic mass is 10.1. The smallest absolute Gasteiger partial charge is 0.130 e. The van der Waals surface area contributed by atoms with Crippen LogP contribution in [0.2, 0.25) is 0 Å². The molecule has 19 heavy (non-hydrogen) atoms. The van der Waals surface area contributed by atoms with Crippen molar-refractivity contribution in [2.75, 3.05) is 0 Å². The predicted octanol–water partition coefficient (Wildman–Crippen LogP) is 4.20. The average molecular weight is 256 g/mol. The van der Waals surface area contributed by atoms with Crippen molar-refractivity contribution >= 4 is 0 Å². The highest BCUT2D eigenvalue weighted by Crippen LogP contribution is 2.30. The fourth-order valence-corrected chi connectivity index (χ4v) is 2.15. The van der Waals surface area contributed by atoms with Crippen LogP contribution in [0.15, 0.2) is 30.3 Å². The van der Waals surface area contributed by atoms with E-state index in [1.807, 2.05) is 25.1 Å². The second-order valence-corrected chi connectivity index (χ2v) is 5.06. The Morgan fingerprint density at radius 2 is 1.63 bits per heavy atom. The van der Waals surface area contributed by atoms with Crippen LogP contribution in [-0.4, -0.2) is 5.11 Å². The number of rotatable bonds is 3. The predicted molar refractivity (Wildman–Crippen MR) is 77.8 cm³/mol. The molecule has 0 saturated carbocycles.